The summed E-state index contributed by atoms with van der Waals surface area (Å²) in [5.41, 5.74) is 12.0. The Morgan fingerprint density at radius 2 is 1.00 bits per heavy atom. The van der Waals surface area contributed by atoms with Crippen LogP contribution in [-0.2, 0) is 0 Å². The van der Waals surface area contributed by atoms with Gasteiger partial charge in [0.15, 0.2) is 0 Å². The van der Waals surface area contributed by atoms with Crippen LogP contribution in [0.15, 0.2) is 48.5 Å². The van der Waals surface area contributed by atoms with Crippen LogP contribution >= 0.6 is 69.6 Å². The third kappa shape index (κ3) is 8.25. The predicted octanol–water partition coefficient (Wildman–Crippen LogP) is 5.58. The van der Waals surface area contributed by atoms with Gasteiger partial charge in [0.2, 0.25) is 0 Å². The van der Waals surface area contributed by atoms with E-state index in [9.17, 15) is 9.59 Å². The van der Waals surface area contributed by atoms with Crippen LogP contribution in [0.4, 0.5) is 11.4 Å². The standard InChI is InChI=1S/2C7H7NO2.C6H6Cl6/c8-6-3-1-5(2-4-6)7(9)10;8-6-4-2-1-3-5(6)7(9)10;7-1-2(8)4(10)6(12)5(11)3(1)9/h2*1-4H,8H2,(H,9,10);1-6H/t;;1-,2-,3-,4+,5+,6+. The van der Waals surface area contributed by atoms with E-state index in [1.165, 1.54) is 18.2 Å². The number of hydrogen-bond acceptors (Lipinski definition) is 4. The first-order valence-corrected chi connectivity index (χ1v) is 11.5. The molecule has 0 unspecified atom stereocenters. The van der Waals surface area contributed by atoms with Crippen molar-refractivity contribution in [1.29, 1.82) is 0 Å². The van der Waals surface area contributed by atoms with E-state index >= 15 is 0 Å². The minimum Gasteiger partial charge on any atom is -0.478 e. The lowest BCUT2D eigenvalue weighted by Crippen LogP contribution is -2.52. The molecule has 0 aliphatic heterocycles. The predicted molar refractivity (Wildman–Crippen MR) is 133 cm³/mol. The third-order valence-electron chi connectivity index (χ3n) is 4.17. The fourth-order valence-corrected chi connectivity index (χ4v) is 4.70. The van der Waals surface area contributed by atoms with Gasteiger partial charge in [0, 0.05) is 11.4 Å². The van der Waals surface area contributed by atoms with Crippen LogP contribution in [0.3, 0.4) is 0 Å². The number of alkyl halides is 6. The number of carboxylic acid groups (broad SMARTS) is 2. The van der Waals surface area contributed by atoms with Crippen LogP contribution in [0.1, 0.15) is 20.7 Å². The Bertz CT molecular complexity index is 843. The van der Waals surface area contributed by atoms with Crippen LogP contribution in [0.25, 0.3) is 0 Å². The van der Waals surface area contributed by atoms with Crippen molar-refractivity contribution in [3.63, 3.8) is 0 Å². The molecule has 6 N–H and O–H groups in total. The average Bonchev–Trinajstić information content (AvgIpc) is 2.76. The molecule has 0 radical (unpaired) electrons. The average molecular weight is 565 g/mol. The molecule has 0 bridgehead atoms. The third-order valence-corrected chi connectivity index (χ3v) is 8.21. The summed E-state index contributed by atoms with van der Waals surface area (Å²) in [5.74, 6) is -1.92. The molecule has 0 amide bonds. The highest BCUT2D eigenvalue weighted by Gasteiger charge is 2.46. The van der Waals surface area contributed by atoms with Crippen molar-refractivity contribution in [2.75, 3.05) is 11.5 Å². The summed E-state index contributed by atoms with van der Waals surface area (Å²) >= 11 is 35.3. The van der Waals surface area contributed by atoms with Gasteiger partial charge in [0.25, 0.3) is 0 Å². The Morgan fingerprint density at radius 1 is 0.625 bits per heavy atom. The first-order chi connectivity index (χ1) is 14.9. The summed E-state index contributed by atoms with van der Waals surface area (Å²) < 4.78 is 0. The van der Waals surface area contributed by atoms with Gasteiger partial charge in [-0.25, -0.2) is 9.59 Å². The Balaban J connectivity index is 0.000000241. The van der Waals surface area contributed by atoms with Gasteiger partial charge in [-0.15, -0.1) is 69.6 Å². The Kier molecular flexibility index (Phi) is 12.1. The van der Waals surface area contributed by atoms with Gasteiger partial charge < -0.3 is 21.7 Å². The van der Waals surface area contributed by atoms with Gasteiger partial charge in [0.1, 0.15) is 0 Å². The molecule has 0 saturated heterocycles. The number of nitrogen functional groups attached to an aromatic ring is 2. The fraction of sp³-hybridized carbons (Fsp3) is 0.300. The zero-order valence-corrected chi connectivity index (χ0v) is 20.8. The van der Waals surface area contributed by atoms with Crippen molar-refractivity contribution in [1.82, 2.24) is 0 Å². The molecule has 2 aromatic carbocycles. The molecule has 32 heavy (non-hydrogen) atoms. The van der Waals surface area contributed by atoms with E-state index in [4.69, 9.17) is 91.3 Å². The number of nitrogens with two attached hydrogens (primary N) is 2. The van der Waals surface area contributed by atoms with Gasteiger partial charge in [-0.2, -0.15) is 0 Å². The van der Waals surface area contributed by atoms with Gasteiger partial charge in [-0.1, -0.05) is 12.1 Å². The van der Waals surface area contributed by atoms with E-state index in [0.29, 0.717) is 11.4 Å². The van der Waals surface area contributed by atoms with E-state index in [0.717, 1.165) is 0 Å². The summed E-state index contributed by atoms with van der Waals surface area (Å²) in [7, 11) is 0. The van der Waals surface area contributed by atoms with Crippen LogP contribution in [0.5, 0.6) is 0 Å². The largest absolute Gasteiger partial charge is 0.478 e. The van der Waals surface area contributed by atoms with Crippen molar-refractivity contribution >= 4 is 92.9 Å². The summed E-state index contributed by atoms with van der Waals surface area (Å²) in [6, 6.07) is 12.4. The molecule has 12 heteroatoms. The van der Waals surface area contributed by atoms with Crippen molar-refractivity contribution in [2.24, 2.45) is 0 Å². The maximum absolute atomic E-state index is 10.3. The first-order valence-electron chi connectivity index (χ1n) is 8.89. The van der Waals surface area contributed by atoms with E-state index in [1.807, 2.05) is 0 Å². The number of carboxylic acids is 2. The topological polar surface area (TPSA) is 127 Å². The van der Waals surface area contributed by atoms with Crippen molar-refractivity contribution < 1.29 is 19.8 Å². The highest BCUT2D eigenvalue weighted by atomic mass is 35.5. The van der Waals surface area contributed by atoms with Crippen LogP contribution in [-0.4, -0.2) is 54.4 Å². The molecule has 176 valence electrons. The maximum Gasteiger partial charge on any atom is 0.337 e. The van der Waals surface area contributed by atoms with E-state index in [1.54, 1.807) is 30.3 Å². The Labute approximate surface area is 215 Å². The van der Waals surface area contributed by atoms with Gasteiger partial charge >= 0.3 is 11.9 Å². The molecule has 0 aromatic heterocycles. The number of benzene rings is 2. The highest BCUT2D eigenvalue weighted by Crippen LogP contribution is 2.39. The Hall–Kier alpha value is -1.28. The smallest absolute Gasteiger partial charge is 0.337 e. The second kappa shape index (κ2) is 13.4. The van der Waals surface area contributed by atoms with Crippen molar-refractivity contribution in [3.05, 3.63) is 59.7 Å². The molecule has 0 spiro atoms. The second-order valence-electron chi connectivity index (χ2n) is 6.49. The lowest BCUT2D eigenvalue weighted by Gasteiger charge is -2.37. The second-order valence-corrected chi connectivity index (χ2v) is 9.51. The zero-order valence-electron chi connectivity index (χ0n) is 16.2. The number of halogens is 6. The van der Waals surface area contributed by atoms with Crippen LogP contribution < -0.4 is 11.5 Å². The number of para-hydroxylation sites is 1. The molecule has 1 saturated carbocycles. The minimum atomic E-state index is -0.988. The van der Waals surface area contributed by atoms with Crippen molar-refractivity contribution in [3.8, 4) is 0 Å². The molecule has 2 aromatic rings. The molecule has 0 atom stereocenters. The normalized spacial score (nSPS) is 26.6. The lowest BCUT2D eigenvalue weighted by molar-refractivity contribution is 0.0686. The van der Waals surface area contributed by atoms with Crippen molar-refractivity contribution in [2.45, 2.75) is 32.3 Å². The number of aromatic carboxylic acids is 2. The summed E-state index contributed by atoms with van der Waals surface area (Å²) in [6.07, 6.45) is 0. The molecule has 6 nitrogen and oxygen atoms in total. The number of carbonyl (C=O) groups is 2. The molecule has 3 rings (SSSR count). The monoisotopic (exact) mass is 562 g/mol. The minimum absolute atomic E-state index is 0.155. The van der Waals surface area contributed by atoms with E-state index in [2.05, 4.69) is 0 Å². The number of anilines is 2. The van der Waals surface area contributed by atoms with Gasteiger partial charge in [-0.3, -0.25) is 0 Å². The number of hydrogen-bond donors (Lipinski definition) is 4. The zero-order chi connectivity index (χ0) is 24.6. The number of rotatable bonds is 2. The summed E-state index contributed by atoms with van der Waals surface area (Å²) in [4.78, 5) is 20.6. The highest BCUT2D eigenvalue weighted by molar-refractivity contribution is 6.45. The van der Waals surface area contributed by atoms with Gasteiger partial charge in [-0.05, 0) is 36.4 Å². The van der Waals surface area contributed by atoms with E-state index < -0.39 is 44.2 Å². The lowest BCUT2D eigenvalue weighted by atomic mass is 9.97. The van der Waals surface area contributed by atoms with Crippen LogP contribution in [0, 0.1) is 0 Å². The quantitative estimate of drug-likeness (QED) is 0.279. The molecular weight excluding hydrogens is 545 g/mol. The van der Waals surface area contributed by atoms with Crippen LogP contribution in [0.2, 0.25) is 0 Å². The summed E-state index contributed by atoms with van der Waals surface area (Å²) in [5, 5.41) is 14.3. The Morgan fingerprint density at radius 3 is 1.28 bits per heavy atom. The van der Waals surface area contributed by atoms with E-state index in [-0.39, 0.29) is 11.1 Å². The fourth-order valence-electron chi connectivity index (χ4n) is 2.37. The summed E-state index contributed by atoms with van der Waals surface area (Å²) in [6.45, 7) is 0. The molecule has 1 fully saturated rings. The molecule has 0 heterocycles. The molecular formula is C20H20Cl6N2O4. The first kappa shape index (κ1) is 28.8. The maximum atomic E-state index is 10.3. The SMILES string of the molecule is Cl[C@H]1[C@H](Cl)[C@@H](Cl)[C@@H](Cl)[C@H](Cl)[C@H]1Cl.Nc1ccc(C(=O)O)cc1.Nc1ccccc1C(=O)O. The van der Waals surface area contributed by atoms with Gasteiger partial charge in [0.05, 0.1) is 43.4 Å². The molecule has 1 aliphatic carbocycles. The molecule has 1 aliphatic rings.